The Balaban J connectivity index is 1.88. The van der Waals surface area contributed by atoms with E-state index in [0.717, 1.165) is 34.4 Å². The lowest BCUT2D eigenvalue weighted by Gasteiger charge is -2.33. The quantitative estimate of drug-likeness (QED) is 0.869. The molecule has 126 valence electrons. The van der Waals surface area contributed by atoms with E-state index in [9.17, 15) is 4.79 Å². The number of aromatic nitrogens is 1. The van der Waals surface area contributed by atoms with E-state index in [-0.39, 0.29) is 6.09 Å². The summed E-state index contributed by atoms with van der Waals surface area (Å²) in [6, 6.07) is 7.78. The number of hydrazine groups is 1. The second-order valence-corrected chi connectivity index (χ2v) is 6.43. The fourth-order valence-electron chi connectivity index (χ4n) is 2.87. The minimum Gasteiger partial charge on any atom is -0.452 e. The van der Waals surface area contributed by atoms with Crippen LogP contribution in [0.4, 0.5) is 16.2 Å². The van der Waals surface area contributed by atoms with Gasteiger partial charge < -0.3 is 10.2 Å². The van der Waals surface area contributed by atoms with Crippen molar-refractivity contribution in [2.75, 3.05) is 31.0 Å². The molecule has 0 unspecified atom stereocenters. The highest BCUT2D eigenvalue weighted by molar-refractivity contribution is 9.10. The van der Waals surface area contributed by atoms with Crippen molar-refractivity contribution in [3.8, 4) is 0 Å². The third kappa shape index (κ3) is 3.37. The average Bonchev–Trinajstić information content (AvgIpc) is 2.61. The first-order valence-electron chi connectivity index (χ1n) is 7.63. The second kappa shape index (κ2) is 7.19. The summed E-state index contributed by atoms with van der Waals surface area (Å²) in [5.41, 5.74) is 7.60. The Morgan fingerprint density at radius 1 is 1.29 bits per heavy atom. The molecule has 0 aliphatic carbocycles. The highest BCUT2D eigenvalue weighted by atomic mass is 79.9. The number of fused-ring (bicyclic) bond motifs is 1. The maximum atomic E-state index is 11.9. The van der Waals surface area contributed by atoms with Crippen molar-refractivity contribution >= 4 is 33.4 Å². The number of methoxy groups -OCH3 is 1. The van der Waals surface area contributed by atoms with E-state index in [0.29, 0.717) is 6.54 Å². The van der Waals surface area contributed by atoms with Gasteiger partial charge in [0.15, 0.2) is 0 Å². The summed E-state index contributed by atoms with van der Waals surface area (Å²) >= 11 is 3.62. The third-order valence-electron chi connectivity index (χ3n) is 4.11. The molecule has 0 fully saturated rings. The van der Waals surface area contributed by atoms with E-state index in [1.165, 1.54) is 12.7 Å². The third-order valence-corrected chi connectivity index (χ3v) is 4.85. The fraction of sp³-hybridized carbons (Fsp3) is 0.294. The Bertz CT molecular complexity index is 739. The molecule has 1 aliphatic rings. The number of amides is 1. The number of benzene rings is 1. The van der Waals surface area contributed by atoms with Gasteiger partial charge in [0.25, 0.3) is 0 Å². The summed E-state index contributed by atoms with van der Waals surface area (Å²) in [5, 5.41) is 2.14. The van der Waals surface area contributed by atoms with Crippen LogP contribution in [0.15, 0.2) is 41.1 Å². The minimum atomic E-state index is -0.376. The van der Waals surface area contributed by atoms with Crippen LogP contribution < -0.4 is 10.3 Å². The monoisotopic (exact) mass is 390 g/mol. The number of nitrogens with zero attached hydrogens (tertiary/aromatic N) is 3. The summed E-state index contributed by atoms with van der Waals surface area (Å²) in [7, 11) is 3.12. The normalized spacial score (nSPS) is 14.0. The number of hydrogen-bond acceptors (Lipinski definition) is 5. The molecular formula is C17H19BrN4O2. The molecule has 1 aromatic carbocycles. The SMILES string of the molecule is COC(=O)N(C)c1ccc(Br)c2c1CN(Nc1ccncc1)CC2. The number of pyridine rings is 1. The molecule has 0 saturated carbocycles. The first-order chi connectivity index (χ1) is 11.6. The summed E-state index contributed by atoms with van der Waals surface area (Å²) in [5.74, 6) is 0. The average molecular weight is 391 g/mol. The van der Waals surface area contributed by atoms with E-state index >= 15 is 0 Å². The molecule has 1 amide bonds. The molecule has 0 saturated heterocycles. The lowest BCUT2D eigenvalue weighted by molar-refractivity contribution is 0.180. The molecule has 1 aromatic heterocycles. The second-order valence-electron chi connectivity index (χ2n) is 5.57. The topological polar surface area (TPSA) is 57.7 Å². The van der Waals surface area contributed by atoms with Crippen molar-refractivity contribution in [2.24, 2.45) is 0 Å². The number of ether oxygens (including phenoxy) is 1. The van der Waals surface area contributed by atoms with Gasteiger partial charge in [0, 0.05) is 37.0 Å². The molecule has 1 N–H and O–H groups in total. The van der Waals surface area contributed by atoms with Gasteiger partial charge in [-0.25, -0.2) is 9.80 Å². The van der Waals surface area contributed by atoms with Crippen molar-refractivity contribution < 1.29 is 9.53 Å². The van der Waals surface area contributed by atoms with Gasteiger partial charge in [-0.1, -0.05) is 15.9 Å². The van der Waals surface area contributed by atoms with Gasteiger partial charge >= 0.3 is 6.09 Å². The lowest BCUT2D eigenvalue weighted by atomic mass is 9.98. The number of nitrogens with one attached hydrogen (secondary N) is 1. The summed E-state index contributed by atoms with van der Waals surface area (Å²) in [6.07, 6.45) is 4.02. The van der Waals surface area contributed by atoms with E-state index in [1.54, 1.807) is 24.3 Å². The van der Waals surface area contributed by atoms with Crippen LogP contribution in [0.5, 0.6) is 0 Å². The summed E-state index contributed by atoms with van der Waals surface area (Å²) < 4.78 is 5.92. The molecule has 0 atom stereocenters. The zero-order valence-corrected chi connectivity index (χ0v) is 15.2. The van der Waals surface area contributed by atoms with Gasteiger partial charge in [-0.3, -0.25) is 9.88 Å². The number of carbonyl (C=O) groups excluding carboxylic acids is 1. The molecule has 2 aromatic rings. The Labute approximate surface area is 149 Å². The van der Waals surface area contributed by atoms with E-state index in [2.05, 4.69) is 31.3 Å². The standard InChI is InChI=1S/C17H19BrN4O2/c1-21(17(23)24-2)16-4-3-15(18)13-7-10-22(11-14(13)16)20-12-5-8-19-9-6-12/h3-6,8-9H,7,10-11H2,1-2H3,(H,19,20). The predicted octanol–water partition coefficient (Wildman–Crippen LogP) is 3.43. The number of hydrogen-bond donors (Lipinski definition) is 1. The molecule has 0 bridgehead atoms. The van der Waals surface area contributed by atoms with Crippen LogP contribution >= 0.6 is 15.9 Å². The number of carbonyl (C=O) groups is 1. The van der Waals surface area contributed by atoms with Gasteiger partial charge in [-0.05, 0) is 41.8 Å². The van der Waals surface area contributed by atoms with Crippen molar-refractivity contribution in [1.82, 2.24) is 9.99 Å². The van der Waals surface area contributed by atoms with Gasteiger partial charge in [0.2, 0.25) is 0 Å². The number of halogens is 1. The molecule has 1 aliphatic heterocycles. The zero-order valence-electron chi connectivity index (χ0n) is 13.6. The smallest absolute Gasteiger partial charge is 0.413 e. The number of anilines is 2. The van der Waals surface area contributed by atoms with Gasteiger partial charge in [-0.2, -0.15) is 0 Å². The van der Waals surface area contributed by atoms with Crippen LogP contribution in [0.3, 0.4) is 0 Å². The molecule has 7 heteroatoms. The first-order valence-corrected chi connectivity index (χ1v) is 8.43. The van der Waals surface area contributed by atoms with Gasteiger partial charge in [0.05, 0.1) is 18.5 Å². The van der Waals surface area contributed by atoms with Crippen LogP contribution in [0.1, 0.15) is 11.1 Å². The van der Waals surface area contributed by atoms with Crippen molar-refractivity contribution in [3.63, 3.8) is 0 Å². The predicted molar refractivity (Wildman–Crippen MR) is 96.9 cm³/mol. The van der Waals surface area contributed by atoms with Gasteiger partial charge in [0.1, 0.15) is 0 Å². The van der Waals surface area contributed by atoms with Crippen LogP contribution in [0, 0.1) is 0 Å². The van der Waals surface area contributed by atoms with Gasteiger partial charge in [-0.15, -0.1) is 0 Å². The number of rotatable bonds is 3. The molecule has 6 nitrogen and oxygen atoms in total. The fourth-order valence-corrected chi connectivity index (χ4v) is 3.44. The molecule has 24 heavy (non-hydrogen) atoms. The molecular weight excluding hydrogens is 372 g/mol. The van der Waals surface area contributed by atoms with E-state index in [1.807, 2.05) is 24.3 Å². The van der Waals surface area contributed by atoms with Crippen LogP contribution in [-0.2, 0) is 17.7 Å². The van der Waals surface area contributed by atoms with E-state index < -0.39 is 0 Å². The molecule has 2 heterocycles. The van der Waals surface area contributed by atoms with Crippen LogP contribution in [0.25, 0.3) is 0 Å². The first kappa shape index (κ1) is 16.7. The summed E-state index contributed by atoms with van der Waals surface area (Å²) in [6.45, 7) is 1.56. The van der Waals surface area contributed by atoms with Crippen molar-refractivity contribution in [1.29, 1.82) is 0 Å². The van der Waals surface area contributed by atoms with Crippen molar-refractivity contribution in [2.45, 2.75) is 13.0 Å². The highest BCUT2D eigenvalue weighted by Crippen LogP contribution is 2.34. The maximum Gasteiger partial charge on any atom is 0.413 e. The molecule has 0 radical (unpaired) electrons. The van der Waals surface area contributed by atoms with Crippen molar-refractivity contribution in [3.05, 3.63) is 52.3 Å². The lowest BCUT2D eigenvalue weighted by Crippen LogP contribution is -2.37. The van der Waals surface area contributed by atoms with Crippen LogP contribution in [0.2, 0.25) is 0 Å². The molecule has 3 rings (SSSR count). The Hall–Kier alpha value is -2.12. The van der Waals surface area contributed by atoms with E-state index in [4.69, 9.17) is 4.74 Å². The Kier molecular flexibility index (Phi) is 5.01. The van der Waals surface area contributed by atoms with Crippen LogP contribution in [-0.4, -0.2) is 36.8 Å². The zero-order chi connectivity index (χ0) is 17.1. The highest BCUT2D eigenvalue weighted by Gasteiger charge is 2.24. The molecule has 0 spiro atoms. The maximum absolute atomic E-state index is 11.9. The Morgan fingerprint density at radius 2 is 2.04 bits per heavy atom. The minimum absolute atomic E-state index is 0.376. The summed E-state index contributed by atoms with van der Waals surface area (Å²) in [4.78, 5) is 17.5. The largest absolute Gasteiger partial charge is 0.452 e. The Morgan fingerprint density at radius 3 is 2.75 bits per heavy atom.